The highest BCUT2D eigenvalue weighted by Gasteiger charge is 2.12. The molecule has 0 saturated carbocycles. The highest BCUT2D eigenvalue weighted by atomic mass is 32.2. The maximum Gasteiger partial charge on any atom is 0.288 e. The van der Waals surface area contributed by atoms with Crippen molar-refractivity contribution in [3.63, 3.8) is 0 Å². The van der Waals surface area contributed by atoms with Crippen molar-refractivity contribution in [3.05, 3.63) is 60.2 Å². The summed E-state index contributed by atoms with van der Waals surface area (Å²) < 4.78 is 24.9. The molecule has 146 valence electrons. The fourth-order valence-electron chi connectivity index (χ4n) is 2.60. The van der Waals surface area contributed by atoms with Crippen LogP contribution in [0.15, 0.2) is 59.5 Å². The SMILES string of the molecule is C[NH+](C)CCCN(Cc1ccccc1)C(=S)Nc1ccc(SC(F)F)cc1. The van der Waals surface area contributed by atoms with Crippen LogP contribution in [0.5, 0.6) is 0 Å². The molecule has 0 bridgehead atoms. The highest BCUT2D eigenvalue weighted by molar-refractivity contribution is 7.99. The number of thiocarbonyl (C=S) groups is 1. The number of anilines is 1. The summed E-state index contributed by atoms with van der Waals surface area (Å²) >= 11 is 6.16. The van der Waals surface area contributed by atoms with Gasteiger partial charge in [0.15, 0.2) is 5.11 Å². The Morgan fingerprint density at radius 1 is 1.11 bits per heavy atom. The summed E-state index contributed by atoms with van der Waals surface area (Å²) in [4.78, 5) is 4.09. The van der Waals surface area contributed by atoms with E-state index in [-0.39, 0.29) is 0 Å². The van der Waals surface area contributed by atoms with Crippen molar-refractivity contribution in [1.29, 1.82) is 0 Å². The Morgan fingerprint density at radius 2 is 1.78 bits per heavy atom. The Labute approximate surface area is 169 Å². The van der Waals surface area contributed by atoms with E-state index in [0.29, 0.717) is 21.8 Å². The molecule has 3 nitrogen and oxygen atoms in total. The summed E-state index contributed by atoms with van der Waals surface area (Å²) in [6, 6.07) is 17.1. The van der Waals surface area contributed by atoms with Crippen LogP contribution in [0.3, 0.4) is 0 Å². The maximum atomic E-state index is 12.4. The van der Waals surface area contributed by atoms with E-state index >= 15 is 0 Å². The van der Waals surface area contributed by atoms with Crippen molar-refractivity contribution in [3.8, 4) is 0 Å². The predicted molar refractivity (Wildman–Crippen MR) is 114 cm³/mol. The smallest absolute Gasteiger partial charge is 0.288 e. The molecule has 27 heavy (non-hydrogen) atoms. The number of nitrogens with zero attached hydrogens (tertiary/aromatic N) is 1. The average molecular weight is 411 g/mol. The van der Waals surface area contributed by atoms with Gasteiger partial charge in [0.05, 0.1) is 20.6 Å². The number of thioether (sulfide) groups is 1. The first-order chi connectivity index (χ1) is 12.9. The molecule has 2 N–H and O–H groups in total. The van der Waals surface area contributed by atoms with Gasteiger partial charge in [0.1, 0.15) is 0 Å². The number of alkyl halides is 2. The van der Waals surface area contributed by atoms with Gasteiger partial charge in [0.25, 0.3) is 5.76 Å². The number of nitrogens with one attached hydrogen (secondary N) is 2. The van der Waals surface area contributed by atoms with Crippen LogP contribution in [0.4, 0.5) is 14.5 Å². The van der Waals surface area contributed by atoms with Crippen LogP contribution in [0, 0.1) is 0 Å². The van der Waals surface area contributed by atoms with Crippen LogP contribution in [-0.2, 0) is 6.54 Å². The normalized spacial score (nSPS) is 11.0. The summed E-state index contributed by atoms with van der Waals surface area (Å²) in [7, 11) is 4.27. The third-order valence-corrected chi connectivity index (χ3v) is 5.02. The zero-order valence-electron chi connectivity index (χ0n) is 15.6. The standard InChI is InChI=1S/C20H25F2N3S2/c1-24(2)13-6-14-25(15-16-7-4-3-5-8-16)20(26)23-17-9-11-18(12-10-17)27-19(21)22/h3-5,7-12,19H,6,13-15H2,1-2H3,(H,23,26)/p+1. The maximum absolute atomic E-state index is 12.4. The van der Waals surface area contributed by atoms with Gasteiger partial charge in [-0.2, -0.15) is 8.78 Å². The fraction of sp³-hybridized carbons (Fsp3) is 0.350. The molecule has 0 aliphatic heterocycles. The first-order valence-electron chi connectivity index (χ1n) is 8.88. The topological polar surface area (TPSA) is 19.7 Å². The number of quaternary nitrogens is 1. The van der Waals surface area contributed by atoms with Gasteiger partial charge in [-0.05, 0) is 42.0 Å². The summed E-state index contributed by atoms with van der Waals surface area (Å²) in [5.74, 6) is -2.41. The number of hydrogen-bond acceptors (Lipinski definition) is 2. The molecular weight excluding hydrogens is 384 g/mol. The Morgan fingerprint density at radius 3 is 2.37 bits per heavy atom. The Hall–Kier alpha value is -1.70. The lowest BCUT2D eigenvalue weighted by Crippen LogP contribution is -3.05. The van der Waals surface area contributed by atoms with Gasteiger partial charge >= 0.3 is 0 Å². The van der Waals surface area contributed by atoms with E-state index < -0.39 is 5.76 Å². The Balaban J connectivity index is 2.00. The predicted octanol–water partition coefficient (Wildman–Crippen LogP) is 3.73. The van der Waals surface area contributed by atoms with Crippen molar-refractivity contribution in [2.24, 2.45) is 0 Å². The molecule has 0 radical (unpaired) electrons. The van der Waals surface area contributed by atoms with Crippen LogP contribution in [-0.4, -0.2) is 43.0 Å². The molecule has 0 amide bonds. The second-order valence-electron chi connectivity index (χ2n) is 6.55. The largest absolute Gasteiger partial charge is 0.344 e. The van der Waals surface area contributed by atoms with Crippen molar-refractivity contribution < 1.29 is 13.7 Å². The van der Waals surface area contributed by atoms with Gasteiger partial charge in [-0.1, -0.05) is 42.1 Å². The highest BCUT2D eigenvalue weighted by Crippen LogP contribution is 2.26. The van der Waals surface area contributed by atoms with Gasteiger partial charge < -0.3 is 15.1 Å². The van der Waals surface area contributed by atoms with Crippen LogP contribution in [0.25, 0.3) is 0 Å². The molecular formula is C20H26F2N3S2+. The second-order valence-corrected chi connectivity index (χ2v) is 8.00. The molecule has 0 aliphatic rings. The summed E-state index contributed by atoms with van der Waals surface area (Å²) in [5.41, 5.74) is 2.00. The van der Waals surface area contributed by atoms with Gasteiger partial charge in [-0.3, -0.25) is 0 Å². The molecule has 0 spiro atoms. The summed E-state index contributed by atoms with van der Waals surface area (Å²) in [6.45, 7) is 2.65. The van der Waals surface area contributed by atoms with Crippen LogP contribution in [0.1, 0.15) is 12.0 Å². The van der Waals surface area contributed by atoms with E-state index in [4.69, 9.17) is 12.2 Å². The van der Waals surface area contributed by atoms with Gasteiger partial charge in [0.2, 0.25) is 0 Å². The number of rotatable bonds is 9. The lowest BCUT2D eigenvalue weighted by atomic mass is 10.2. The molecule has 0 aliphatic carbocycles. The Bertz CT molecular complexity index is 694. The van der Waals surface area contributed by atoms with Crippen LogP contribution >= 0.6 is 24.0 Å². The minimum absolute atomic E-state index is 0.538. The molecule has 2 aromatic carbocycles. The summed E-state index contributed by atoms with van der Waals surface area (Å²) in [6.07, 6.45) is 1.03. The molecule has 2 aromatic rings. The third kappa shape index (κ3) is 8.24. The molecule has 0 saturated heterocycles. The molecule has 2 rings (SSSR count). The number of halogens is 2. The minimum Gasteiger partial charge on any atom is -0.344 e. The number of hydrogen-bond donors (Lipinski definition) is 2. The third-order valence-electron chi connectivity index (χ3n) is 3.94. The first-order valence-corrected chi connectivity index (χ1v) is 10.2. The molecule has 0 unspecified atom stereocenters. The lowest BCUT2D eigenvalue weighted by molar-refractivity contribution is -0.858. The van der Waals surface area contributed by atoms with Gasteiger partial charge in [0, 0.05) is 30.1 Å². The summed E-state index contributed by atoms with van der Waals surface area (Å²) in [5, 5.41) is 3.88. The monoisotopic (exact) mass is 410 g/mol. The second kappa shape index (κ2) is 11.2. The van der Waals surface area contributed by atoms with Gasteiger partial charge in [-0.25, -0.2) is 0 Å². The fourth-order valence-corrected chi connectivity index (χ4v) is 3.37. The molecule has 0 heterocycles. The van der Waals surface area contributed by atoms with Crippen molar-refractivity contribution in [2.75, 3.05) is 32.5 Å². The zero-order valence-corrected chi connectivity index (χ0v) is 17.3. The van der Waals surface area contributed by atoms with E-state index in [0.717, 1.165) is 31.7 Å². The Kier molecular flexibility index (Phi) is 8.97. The average Bonchev–Trinajstić information content (AvgIpc) is 2.62. The van der Waals surface area contributed by atoms with Gasteiger partial charge in [-0.15, -0.1) is 0 Å². The lowest BCUT2D eigenvalue weighted by Gasteiger charge is -2.26. The van der Waals surface area contributed by atoms with Crippen molar-refractivity contribution >= 4 is 34.8 Å². The molecule has 0 fully saturated rings. The molecule has 0 aromatic heterocycles. The van der Waals surface area contributed by atoms with E-state index in [1.165, 1.54) is 10.5 Å². The van der Waals surface area contributed by atoms with Crippen LogP contribution < -0.4 is 10.2 Å². The van der Waals surface area contributed by atoms with Crippen molar-refractivity contribution in [1.82, 2.24) is 4.90 Å². The minimum atomic E-state index is -2.41. The molecule has 0 atom stereocenters. The molecule has 7 heteroatoms. The van der Waals surface area contributed by atoms with Crippen LogP contribution in [0.2, 0.25) is 0 Å². The van der Waals surface area contributed by atoms with Crippen molar-refractivity contribution in [2.45, 2.75) is 23.6 Å². The quantitative estimate of drug-likeness (QED) is 0.485. The number of benzene rings is 2. The first kappa shape index (κ1) is 21.6. The van der Waals surface area contributed by atoms with E-state index in [2.05, 4.69) is 36.4 Å². The van der Waals surface area contributed by atoms with E-state index in [9.17, 15) is 8.78 Å². The van der Waals surface area contributed by atoms with E-state index in [1.54, 1.807) is 24.3 Å². The van der Waals surface area contributed by atoms with E-state index in [1.807, 2.05) is 18.2 Å². The zero-order chi connectivity index (χ0) is 19.6.